The van der Waals surface area contributed by atoms with Gasteiger partial charge in [0.1, 0.15) is 0 Å². The Morgan fingerprint density at radius 2 is 1.62 bits per heavy atom. The Balaban J connectivity index is 1.73. The molecule has 26 heavy (non-hydrogen) atoms. The third kappa shape index (κ3) is 1.62. The molecule has 0 N–H and O–H groups in total. The number of hydrogen-bond acceptors (Lipinski definition) is 3. The number of aromatic nitrogens is 2. The van der Waals surface area contributed by atoms with Crippen molar-refractivity contribution < 1.29 is 4.79 Å². The van der Waals surface area contributed by atoms with Gasteiger partial charge in [0, 0.05) is 17.0 Å². The van der Waals surface area contributed by atoms with Crippen LogP contribution in [0, 0.1) is 0 Å². The molecule has 3 aliphatic rings. The van der Waals surface area contributed by atoms with Crippen LogP contribution in [0.4, 0.5) is 0 Å². The van der Waals surface area contributed by atoms with Gasteiger partial charge >= 0.3 is 0 Å². The van der Waals surface area contributed by atoms with Crippen molar-refractivity contribution >= 4 is 27.6 Å². The molecule has 0 radical (unpaired) electrons. The topological polar surface area (TPSA) is 42.9 Å². The van der Waals surface area contributed by atoms with Crippen molar-refractivity contribution in [3.63, 3.8) is 0 Å². The Hall–Kier alpha value is -2.29. The lowest BCUT2D eigenvalue weighted by Gasteiger charge is -2.26. The van der Waals surface area contributed by atoms with Crippen LogP contribution in [0.3, 0.4) is 0 Å². The van der Waals surface area contributed by atoms with E-state index >= 15 is 0 Å². The summed E-state index contributed by atoms with van der Waals surface area (Å²) in [7, 11) is 0. The average Bonchev–Trinajstić information content (AvgIpc) is 3.40. The van der Waals surface area contributed by atoms with Gasteiger partial charge < -0.3 is 0 Å². The molecular weight excluding hydrogens is 320 g/mol. The van der Waals surface area contributed by atoms with Crippen molar-refractivity contribution in [2.75, 3.05) is 0 Å². The maximum atomic E-state index is 13.8. The van der Waals surface area contributed by atoms with E-state index in [0.29, 0.717) is 5.78 Å². The van der Waals surface area contributed by atoms with Crippen LogP contribution in [0.5, 0.6) is 0 Å². The Morgan fingerprint density at radius 3 is 2.38 bits per heavy atom. The molecule has 3 aliphatic carbocycles. The normalized spacial score (nSPS) is 22.8. The van der Waals surface area contributed by atoms with E-state index in [2.05, 4.69) is 29.2 Å². The van der Waals surface area contributed by atoms with Gasteiger partial charge in [0.15, 0.2) is 5.78 Å². The largest absolute Gasteiger partial charge is 0.298 e. The smallest absolute Gasteiger partial charge is 0.155 e. The van der Waals surface area contributed by atoms with E-state index in [4.69, 9.17) is 4.98 Å². The van der Waals surface area contributed by atoms with Gasteiger partial charge in [-0.2, -0.15) is 0 Å². The van der Waals surface area contributed by atoms with Gasteiger partial charge in [0.05, 0.1) is 27.6 Å². The number of hydrogen-bond donors (Lipinski definition) is 0. The van der Waals surface area contributed by atoms with E-state index in [1.807, 2.05) is 12.3 Å². The van der Waals surface area contributed by atoms with Crippen LogP contribution in [-0.2, 0) is 15.6 Å². The molecule has 2 heterocycles. The summed E-state index contributed by atoms with van der Waals surface area (Å²) in [6.45, 7) is 0. The number of nitrogens with zero attached hydrogens (tertiary/aromatic N) is 2. The summed E-state index contributed by atoms with van der Waals surface area (Å²) < 4.78 is 0. The molecule has 3 aromatic rings. The maximum Gasteiger partial charge on any atom is 0.155 e. The second-order valence-electron chi connectivity index (χ2n) is 8.50. The first kappa shape index (κ1) is 14.8. The molecule has 2 spiro atoms. The van der Waals surface area contributed by atoms with Crippen molar-refractivity contribution in [3.05, 3.63) is 47.8 Å². The SMILES string of the molecule is O=C1C2(CCCC2)c2cc3ccc4ncccc4c3nc2C12CCCC2. The molecule has 6 rings (SSSR count). The number of fused-ring (bicyclic) bond motifs is 6. The molecule has 2 fully saturated rings. The number of ketones is 1. The molecule has 0 bridgehead atoms. The zero-order valence-electron chi connectivity index (χ0n) is 14.9. The summed E-state index contributed by atoms with van der Waals surface area (Å²) in [6, 6.07) is 10.6. The van der Waals surface area contributed by atoms with Crippen LogP contribution < -0.4 is 0 Å². The predicted molar refractivity (Wildman–Crippen MR) is 102 cm³/mol. The fraction of sp³-hybridized carbons (Fsp3) is 0.435. The molecule has 3 nitrogen and oxygen atoms in total. The molecule has 0 atom stereocenters. The predicted octanol–water partition coefficient (Wildman–Crippen LogP) is 4.99. The van der Waals surface area contributed by atoms with Crippen molar-refractivity contribution in [2.45, 2.75) is 62.2 Å². The van der Waals surface area contributed by atoms with Crippen molar-refractivity contribution in [3.8, 4) is 0 Å². The highest BCUT2D eigenvalue weighted by Crippen LogP contribution is 2.59. The second-order valence-corrected chi connectivity index (χ2v) is 8.50. The zero-order valence-corrected chi connectivity index (χ0v) is 14.9. The first-order chi connectivity index (χ1) is 12.7. The van der Waals surface area contributed by atoms with Crippen LogP contribution in [0.15, 0.2) is 36.5 Å². The van der Waals surface area contributed by atoms with E-state index in [1.165, 1.54) is 18.4 Å². The number of carbonyl (C=O) groups is 1. The van der Waals surface area contributed by atoms with E-state index in [0.717, 1.165) is 66.0 Å². The van der Waals surface area contributed by atoms with Gasteiger partial charge in [-0.05, 0) is 55.5 Å². The summed E-state index contributed by atoms with van der Waals surface area (Å²) >= 11 is 0. The Labute approximate surface area is 152 Å². The fourth-order valence-corrected chi connectivity index (χ4v) is 6.13. The van der Waals surface area contributed by atoms with E-state index in [1.54, 1.807) is 0 Å². The van der Waals surface area contributed by atoms with Crippen LogP contribution in [-0.4, -0.2) is 15.8 Å². The van der Waals surface area contributed by atoms with E-state index < -0.39 is 0 Å². The van der Waals surface area contributed by atoms with Gasteiger partial charge in [-0.1, -0.05) is 31.7 Å². The summed E-state index contributed by atoms with van der Waals surface area (Å²) in [6.07, 6.45) is 10.5. The van der Waals surface area contributed by atoms with Gasteiger partial charge in [-0.3, -0.25) is 14.8 Å². The van der Waals surface area contributed by atoms with Crippen molar-refractivity contribution in [1.82, 2.24) is 9.97 Å². The van der Waals surface area contributed by atoms with Crippen molar-refractivity contribution in [2.24, 2.45) is 0 Å². The van der Waals surface area contributed by atoms with Gasteiger partial charge in [-0.25, -0.2) is 0 Å². The van der Waals surface area contributed by atoms with Crippen LogP contribution in [0.1, 0.15) is 62.6 Å². The molecular formula is C23H22N2O. The monoisotopic (exact) mass is 342 g/mol. The third-order valence-corrected chi connectivity index (χ3v) is 7.32. The Morgan fingerprint density at radius 1 is 0.885 bits per heavy atom. The molecule has 2 aromatic heterocycles. The van der Waals surface area contributed by atoms with Gasteiger partial charge in [0.25, 0.3) is 0 Å². The minimum atomic E-state index is -0.307. The number of Topliss-reactive ketones (excluding diaryl/α,β-unsaturated/α-hetero) is 1. The molecule has 1 aromatic carbocycles. The first-order valence-electron chi connectivity index (χ1n) is 9.99. The second kappa shape index (κ2) is 4.91. The highest BCUT2D eigenvalue weighted by molar-refractivity contribution is 6.08. The minimum absolute atomic E-state index is 0.245. The van der Waals surface area contributed by atoms with Crippen LogP contribution in [0.25, 0.3) is 21.8 Å². The number of carbonyl (C=O) groups excluding carboxylic acids is 1. The molecule has 0 saturated heterocycles. The van der Waals surface area contributed by atoms with Crippen LogP contribution in [0.2, 0.25) is 0 Å². The highest BCUT2D eigenvalue weighted by Gasteiger charge is 2.62. The fourth-order valence-electron chi connectivity index (χ4n) is 6.13. The number of pyridine rings is 2. The van der Waals surface area contributed by atoms with E-state index in [9.17, 15) is 4.79 Å². The summed E-state index contributed by atoms with van der Waals surface area (Å²) in [5.74, 6) is 0.500. The highest BCUT2D eigenvalue weighted by atomic mass is 16.1. The zero-order chi connectivity index (χ0) is 17.4. The third-order valence-electron chi connectivity index (χ3n) is 7.32. The Kier molecular flexibility index (Phi) is 2.80. The average molecular weight is 342 g/mol. The molecule has 130 valence electrons. The van der Waals surface area contributed by atoms with Crippen LogP contribution >= 0.6 is 0 Å². The lowest BCUT2D eigenvalue weighted by Crippen LogP contribution is -2.38. The number of benzene rings is 1. The first-order valence-corrected chi connectivity index (χ1v) is 9.99. The van der Waals surface area contributed by atoms with E-state index in [-0.39, 0.29) is 10.8 Å². The summed E-state index contributed by atoms with van der Waals surface area (Å²) in [5, 5.41) is 2.25. The molecule has 2 saturated carbocycles. The molecule has 0 amide bonds. The van der Waals surface area contributed by atoms with Crippen molar-refractivity contribution in [1.29, 1.82) is 0 Å². The Bertz CT molecular complexity index is 1070. The summed E-state index contributed by atoms with van der Waals surface area (Å²) in [5.41, 5.74) is 3.82. The van der Waals surface area contributed by atoms with Gasteiger partial charge in [0.2, 0.25) is 0 Å². The van der Waals surface area contributed by atoms with Gasteiger partial charge in [-0.15, -0.1) is 0 Å². The standard InChI is InChI=1S/C23H22N2O/c26-21-22(9-1-2-10-22)17-14-15-7-8-18-16(6-5-13-24-18)19(15)25-20(17)23(21)11-3-4-12-23/h5-8,13-14H,1-4,9-12H2. The molecule has 3 heteroatoms. The number of rotatable bonds is 0. The molecule has 0 aliphatic heterocycles. The quantitative estimate of drug-likeness (QED) is 0.541. The maximum absolute atomic E-state index is 13.8. The molecule has 0 unspecified atom stereocenters. The lowest BCUT2D eigenvalue weighted by atomic mass is 9.73. The minimum Gasteiger partial charge on any atom is -0.298 e. The lowest BCUT2D eigenvalue weighted by molar-refractivity contribution is -0.128. The summed E-state index contributed by atoms with van der Waals surface area (Å²) in [4.78, 5) is 23.5.